The van der Waals surface area contributed by atoms with Crippen molar-refractivity contribution >= 4 is 33.9 Å². The monoisotopic (exact) mass is 338 g/mol. The third-order valence-corrected chi connectivity index (χ3v) is 6.36. The van der Waals surface area contributed by atoms with Gasteiger partial charge in [0.1, 0.15) is 5.75 Å². The first-order valence-electron chi connectivity index (χ1n) is 8.29. The van der Waals surface area contributed by atoms with Crippen molar-refractivity contribution in [3.05, 3.63) is 52.6 Å². The fourth-order valence-corrected chi connectivity index (χ4v) is 5.24. The fourth-order valence-electron chi connectivity index (χ4n) is 4.89. The molecule has 0 amide bonds. The van der Waals surface area contributed by atoms with E-state index in [0.29, 0.717) is 15.8 Å². The summed E-state index contributed by atoms with van der Waals surface area (Å²) >= 11 is 6.52. The van der Waals surface area contributed by atoms with Crippen LogP contribution in [0, 0.1) is 23.7 Å². The molecule has 4 unspecified atom stereocenters. The van der Waals surface area contributed by atoms with Crippen molar-refractivity contribution in [2.24, 2.45) is 23.7 Å². The van der Waals surface area contributed by atoms with E-state index in [1.54, 1.807) is 18.2 Å². The van der Waals surface area contributed by atoms with E-state index in [2.05, 4.69) is 12.2 Å². The lowest BCUT2D eigenvalue weighted by Crippen LogP contribution is -2.48. The molecule has 1 saturated carbocycles. The number of halogens is 1. The molecule has 2 bridgehead atoms. The maximum atomic E-state index is 13.2. The second-order valence-corrected chi connectivity index (χ2v) is 7.41. The largest absolute Gasteiger partial charge is 0.507 e. The van der Waals surface area contributed by atoms with E-state index in [0.717, 1.165) is 12.8 Å². The number of aromatic hydroxyl groups is 1. The van der Waals surface area contributed by atoms with Gasteiger partial charge in [-0.05, 0) is 24.7 Å². The van der Waals surface area contributed by atoms with Crippen molar-refractivity contribution in [3.8, 4) is 5.75 Å². The smallest absolute Gasteiger partial charge is 0.171 e. The Hall–Kier alpha value is -2.13. The van der Waals surface area contributed by atoms with Crippen LogP contribution in [0.1, 0.15) is 33.6 Å². The summed E-state index contributed by atoms with van der Waals surface area (Å²) in [6.07, 6.45) is 6.03. The molecule has 0 spiro atoms. The summed E-state index contributed by atoms with van der Waals surface area (Å²) in [6.45, 7) is 0. The molecule has 4 heteroatoms. The van der Waals surface area contributed by atoms with Crippen molar-refractivity contribution in [1.29, 1.82) is 0 Å². The summed E-state index contributed by atoms with van der Waals surface area (Å²) in [7, 11) is 0. The number of carbonyl (C=O) groups is 2. The second-order valence-electron chi connectivity index (χ2n) is 7.03. The van der Waals surface area contributed by atoms with E-state index in [1.807, 2.05) is 6.07 Å². The quantitative estimate of drug-likeness (QED) is 0.724. The molecule has 2 aromatic carbocycles. The molecular formula is C20H15ClO3. The minimum atomic E-state index is -0.350. The Labute approximate surface area is 143 Å². The van der Waals surface area contributed by atoms with Gasteiger partial charge in [-0.1, -0.05) is 48.0 Å². The summed E-state index contributed by atoms with van der Waals surface area (Å²) in [6, 6.07) is 7.10. The van der Waals surface area contributed by atoms with Crippen molar-refractivity contribution in [3.63, 3.8) is 0 Å². The number of allylic oxidation sites excluding steroid dienone is 2. The van der Waals surface area contributed by atoms with E-state index in [-0.39, 0.29) is 52.1 Å². The molecule has 4 atom stereocenters. The van der Waals surface area contributed by atoms with Gasteiger partial charge in [-0.3, -0.25) is 9.59 Å². The first-order chi connectivity index (χ1) is 11.6. The Bertz CT molecular complexity index is 883. The van der Waals surface area contributed by atoms with Crippen LogP contribution in [0.3, 0.4) is 0 Å². The summed E-state index contributed by atoms with van der Waals surface area (Å²) in [4.78, 5) is 26.4. The van der Waals surface area contributed by atoms with Crippen LogP contribution in [0.25, 0.3) is 10.8 Å². The van der Waals surface area contributed by atoms with Crippen molar-refractivity contribution < 1.29 is 14.7 Å². The normalized spacial score (nSPS) is 30.5. The minimum Gasteiger partial charge on any atom is -0.507 e. The zero-order valence-corrected chi connectivity index (χ0v) is 13.6. The zero-order valence-electron chi connectivity index (χ0n) is 12.8. The van der Waals surface area contributed by atoms with Gasteiger partial charge in [-0.2, -0.15) is 0 Å². The average molecular weight is 339 g/mol. The highest BCUT2D eigenvalue weighted by Crippen LogP contribution is 2.53. The molecule has 120 valence electrons. The standard InChI is InChI=1S/C20H15ClO3/c21-17-11-3-1-2-4-12(11)18(22)16-15(17)19(23)13-9-5-7-10(8-6-9)14(13)20(16)24/h1-5,7,9-10,13-14,22H,6,8H2. The van der Waals surface area contributed by atoms with Crippen molar-refractivity contribution in [1.82, 2.24) is 0 Å². The predicted molar refractivity (Wildman–Crippen MR) is 91.6 cm³/mol. The zero-order chi connectivity index (χ0) is 16.6. The lowest BCUT2D eigenvalue weighted by atomic mass is 9.55. The maximum Gasteiger partial charge on any atom is 0.171 e. The van der Waals surface area contributed by atoms with Crippen LogP contribution in [-0.2, 0) is 0 Å². The van der Waals surface area contributed by atoms with Crippen molar-refractivity contribution in [2.75, 3.05) is 0 Å². The summed E-state index contributed by atoms with van der Waals surface area (Å²) < 4.78 is 0. The van der Waals surface area contributed by atoms with Gasteiger partial charge in [0.2, 0.25) is 0 Å². The first-order valence-corrected chi connectivity index (χ1v) is 8.67. The second kappa shape index (κ2) is 4.70. The highest BCUT2D eigenvalue weighted by Gasteiger charge is 2.53. The Balaban J connectivity index is 1.85. The molecule has 1 fully saturated rings. The lowest BCUT2D eigenvalue weighted by Gasteiger charge is -2.46. The number of benzene rings is 2. The molecule has 0 heterocycles. The Kier molecular flexibility index (Phi) is 2.79. The van der Waals surface area contributed by atoms with Gasteiger partial charge in [-0.15, -0.1) is 0 Å². The van der Waals surface area contributed by atoms with Gasteiger partial charge in [0.05, 0.1) is 16.1 Å². The molecular weight excluding hydrogens is 324 g/mol. The molecule has 1 N–H and O–H groups in total. The molecule has 2 aromatic rings. The number of fused-ring (bicyclic) bond motifs is 3. The number of hydrogen-bond acceptors (Lipinski definition) is 3. The van der Waals surface area contributed by atoms with Crippen LogP contribution >= 0.6 is 11.6 Å². The topological polar surface area (TPSA) is 54.4 Å². The predicted octanol–water partition coefficient (Wildman–Crippen LogP) is 4.41. The van der Waals surface area contributed by atoms with E-state index >= 15 is 0 Å². The number of ketones is 2. The van der Waals surface area contributed by atoms with Gasteiger partial charge in [-0.25, -0.2) is 0 Å². The lowest BCUT2D eigenvalue weighted by molar-refractivity contribution is 0.0518. The summed E-state index contributed by atoms with van der Waals surface area (Å²) in [5, 5.41) is 12.2. The van der Waals surface area contributed by atoms with Crippen LogP contribution in [0.15, 0.2) is 36.4 Å². The van der Waals surface area contributed by atoms with Gasteiger partial charge in [0.15, 0.2) is 11.6 Å². The molecule has 6 rings (SSSR count). The Morgan fingerprint density at radius 2 is 1.42 bits per heavy atom. The van der Waals surface area contributed by atoms with Crippen LogP contribution < -0.4 is 0 Å². The molecule has 0 aromatic heterocycles. The molecule has 0 aliphatic heterocycles. The maximum absolute atomic E-state index is 13.2. The first kappa shape index (κ1) is 14.2. The fraction of sp³-hybridized carbons (Fsp3) is 0.300. The number of Topliss-reactive ketones (excluding diaryl/α,β-unsaturated/α-hetero) is 2. The van der Waals surface area contributed by atoms with Crippen LogP contribution in [-0.4, -0.2) is 16.7 Å². The van der Waals surface area contributed by atoms with Crippen LogP contribution in [0.5, 0.6) is 5.75 Å². The third-order valence-electron chi connectivity index (χ3n) is 5.97. The molecule has 24 heavy (non-hydrogen) atoms. The highest BCUT2D eigenvalue weighted by molar-refractivity contribution is 6.41. The summed E-state index contributed by atoms with van der Waals surface area (Å²) in [5.74, 6) is -0.794. The van der Waals surface area contributed by atoms with Crippen LogP contribution in [0.2, 0.25) is 5.02 Å². The molecule has 0 saturated heterocycles. The molecule has 0 radical (unpaired) electrons. The van der Waals surface area contributed by atoms with Crippen molar-refractivity contribution in [2.45, 2.75) is 12.8 Å². The van der Waals surface area contributed by atoms with Crippen LogP contribution in [0.4, 0.5) is 0 Å². The van der Waals surface area contributed by atoms with E-state index in [9.17, 15) is 14.7 Å². The highest BCUT2D eigenvalue weighted by atomic mass is 35.5. The van der Waals surface area contributed by atoms with E-state index < -0.39 is 0 Å². The number of phenols is 1. The van der Waals surface area contributed by atoms with Gasteiger partial charge in [0.25, 0.3) is 0 Å². The number of carbonyl (C=O) groups excluding carboxylic acids is 2. The Morgan fingerprint density at radius 3 is 2.00 bits per heavy atom. The third kappa shape index (κ3) is 1.58. The average Bonchev–Trinajstić information content (AvgIpc) is 2.63. The number of hydrogen-bond donors (Lipinski definition) is 1. The van der Waals surface area contributed by atoms with E-state index in [1.165, 1.54) is 0 Å². The molecule has 4 aliphatic rings. The SMILES string of the molecule is O=C1c2c(c(Cl)c3ccccc3c2O)C(=O)C2C3C=CC(CC3)C12. The minimum absolute atomic E-state index is 0.0836. The van der Waals surface area contributed by atoms with E-state index in [4.69, 9.17) is 11.6 Å². The molecule has 4 aliphatic carbocycles. The van der Waals surface area contributed by atoms with Gasteiger partial charge < -0.3 is 5.11 Å². The molecule has 3 nitrogen and oxygen atoms in total. The van der Waals surface area contributed by atoms with Gasteiger partial charge in [0, 0.05) is 22.6 Å². The number of phenolic OH excluding ortho intramolecular Hbond substituents is 1. The Morgan fingerprint density at radius 1 is 0.875 bits per heavy atom. The van der Waals surface area contributed by atoms with Gasteiger partial charge >= 0.3 is 0 Å². The summed E-state index contributed by atoms with van der Waals surface area (Å²) in [5.41, 5.74) is 0.353. The number of rotatable bonds is 0.